The summed E-state index contributed by atoms with van der Waals surface area (Å²) in [5, 5.41) is 0. The van der Waals surface area contributed by atoms with Gasteiger partial charge in [-0.25, -0.2) is 8.42 Å². The van der Waals surface area contributed by atoms with Gasteiger partial charge in [-0.1, -0.05) is 12.1 Å². The van der Waals surface area contributed by atoms with Crippen LogP contribution in [0.1, 0.15) is 18.4 Å². The Bertz CT molecular complexity index is 666. The first-order valence-electron chi connectivity index (χ1n) is 6.76. The largest absolute Gasteiger partial charge is 0.369 e. The van der Waals surface area contributed by atoms with Gasteiger partial charge in [0.05, 0.1) is 10.6 Å². The SMILES string of the molecule is CS(=O)(=O)c1ccc(/C=C2\C(=O)C3CCN2CC3)cc1. The topological polar surface area (TPSA) is 54.5 Å². The van der Waals surface area contributed by atoms with Crippen molar-refractivity contribution in [3.05, 3.63) is 35.5 Å². The van der Waals surface area contributed by atoms with E-state index in [1.54, 1.807) is 24.3 Å². The molecule has 3 fully saturated rings. The molecular weight excluding hydrogens is 274 g/mol. The average molecular weight is 291 g/mol. The number of ketones is 1. The van der Waals surface area contributed by atoms with Crippen molar-refractivity contribution in [2.24, 2.45) is 5.92 Å². The maximum Gasteiger partial charge on any atom is 0.182 e. The average Bonchev–Trinajstić information content (AvgIpc) is 2.43. The minimum atomic E-state index is -3.17. The highest BCUT2D eigenvalue weighted by molar-refractivity contribution is 7.90. The van der Waals surface area contributed by atoms with Crippen LogP contribution in [0.15, 0.2) is 34.9 Å². The van der Waals surface area contributed by atoms with Crippen molar-refractivity contribution < 1.29 is 13.2 Å². The molecule has 3 aliphatic rings. The summed E-state index contributed by atoms with van der Waals surface area (Å²) in [5.41, 5.74) is 1.65. The number of hydrogen-bond acceptors (Lipinski definition) is 4. The van der Waals surface area contributed by atoms with Crippen LogP contribution in [-0.4, -0.2) is 38.4 Å². The Balaban J connectivity index is 1.91. The van der Waals surface area contributed by atoms with Gasteiger partial charge >= 0.3 is 0 Å². The number of rotatable bonds is 2. The third-order valence-electron chi connectivity index (χ3n) is 4.07. The molecule has 4 nitrogen and oxygen atoms in total. The molecule has 0 spiro atoms. The predicted octanol–water partition coefficient (Wildman–Crippen LogP) is 1.73. The number of carbonyl (C=O) groups is 1. The quantitative estimate of drug-likeness (QED) is 0.779. The molecule has 4 rings (SSSR count). The van der Waals surface area contributed by atoms with Crippen molar-refractivity contribution in [1.82, 2.24) is 4.90 Å². The summed E-state index contributed by atoms with van der Waals surface area (Å²) in [7, 11) is -3.17. The van der Waals surface area contributed by atoms with Gasteiger partial charge in [0.25, 0.3) is 0 Å². The zero-order chi connectivity index (χ0) is 14.3. The van der Waals surface area contributed by atoms with Crippen molar-refractivity contribution in [2.75, 3.05) is 19.3 Å². The molecule has 0 radical (unpaired) electrons. The van der Waals surface area contributed by atoms with E-state index in [-0.39, 0.29) is 11.7 Å². The van der Waals surface area contributed by atoms with Crippen molar-refractivity contribution in [1.29, 1.82) is 0 Å². The summed E-state index contributed by atoms with van der Waals surface area (Å²) in [6.07, 6.45) is 4.99. The van der Waals surface area contributed by atoms with Gasteiger partial charge < -0.3 is 4.90 Å². The fourth-order valence-corrected chi connectivity index (χ4v) is 3.51. The molecule has 20 heavy (non-hydrogen) atoms. The van der Waals surface area contributed by atoms with Crippen molar-refractivity contribution in [3.63, 3.8) is 0 Å². The van der Waals surface area contributed by atoms with E-state index in [0.29, 0.717) is 4.90 Å². The van der Waals surface area contributed by atoms with Crippen LogP contribution in [0.3, 0.4) is 0 Å². The smallest absolute Gasteiger partial charge is 0.182 e. The van der Waals surface area contributed by atoms with Gasteiger partial charge in [0.15, 0.2) is 15.6 Å². The molecule has 3 saturated heterocycles. The first-order chi connectivity index (χ1) is 9.45. The number of piperidine rings is 3. The fraction of sp³-hybridized carbons (Fsp3) is 0.400. The van der Waals surface area contributed by atoms with Crippen LogP contribution < -0.4 is 0 Å². The zero-order valence-electron chi connectivity index (χ0n) is 11.4. The fourth-order valence-electron chi connectivity index (χ4n) is 2.88. The molecule has 0 atom stereocenters. The number of sulfone groups is 1. The number of allylic oxidation sites excluding steroid dienone is 1. The molecule has 0 aromatic heterocycles. The second-order valence-electron chi connectivity index (χ2n) is 5.50. The molecule has 5 heteroatoms. The number of hydrogen-bond donors (Lipinski definition) is 0. The first-order valence-corrected chi connectivity index (χ1v) is 8.65. The molecule has 0 unspecified atom stereocenters. The molecule has 1 aromatic carbocycles. The van der Waals surface area contributed by atoms with Crippen LogP contribution in [0.4, 0.5) is 0 Å². The van der Waals surface area contributed by atoms with E-state index in [0.717, 1.165) is 37.2 Å². The normalized spacial score (nSPS) is 21.8. The van der Waals surface area contributed by atoms with Crippen LogP contribution in [0.25, 0.3) is 6.08 Å². The lowest BCUT2D eigenvalue weighted by Crippen LogP contribution is -2.45. The van der Waals surface area contributed by atoms with Crippen LogP contribution in [-0.2, 0) is 14.6 Å². The summed E-state index contributed by atoms with van der Waals surface area (Å²) < 4.78 is 22.8. The second kappa shape index (κ2) is 4.74. The van der Waals surface area contributed by atoms with E-state index < -0.39 is 9.84 Å². The minimum absolute atomic E-state index is 0.182. The predicted molar refractivity (Wildman–Crippen MR) is 76.8 cm³/mol. The molecule has 0 saturated carbocycles. The van der Waals surface area contributed by atoms with E-state index in [1.165, 1.54) is 6.26 Å². The molecule has 3 aliphatic heterocycles. The highest BCUT2D eigenvalue weighted by Gasteiger charge is 2.36. The Kier molecular flexibility index (Phi) is 3.17. The third kappa shape index (κ3) is 2.38. The Hall–Kier alpha value is -1.62. The van der Waals surface area contributed by atoms with E-state index >= 15 is 0 Å². The highest BCUT2D eigenvalue weighted by Crippen LogP contribution is 2.32. The number of benzene rings is 1. The maximum atomic E-state index is 12.2. The van der Waals surface area contributed by atoms with E-state index in [2.05, 4.69) is 4.90 Å². The number of carbonyl (C=O) groups excluding carboxylic acids is 1. The van der Waals surface area contributed by atoms with Gasteiger partial charge in [-0.15, -0.1) is 0 Å². The van der Waals surface area contributed by atoms with Gasteiger partial charge in [0, 0.05) is 25.3 Å². The lowest BCUT2D eigenvalue weighted by Gasteiger charge is -2.41. The monoisotopic (exact) mass is 291 g/mol. The lowest BCUT2D eigenvalue weighted by atomic mass is 9.84. The van der Waals surface area contributed by atoms with Gasteiger partial charge in [-0.3, -0.25) is 4.79 Å². The third-order valence-corrected chi connectivity index (χ3v) is 5.20. The minimum Gasteiger partial charge on any atom is -0.369 e. The van der Waals surface area contributed by atoms with Crippen LogP contribution in [0, 0.1) is 5.92 Å². The summed E-state index contributed by atoms with van der Waals surface area (Å²) >= 11 is 0. The van der Waals surface area contributed by atoms with Crippen molar-refractivity contribution in [2.45, 2.75) is 17.7 Å². The van der Waals surface area contributed by atoms with Crippen molar-refractivity contribution in [3.8, 4) is 0 Å². The van der Waals surface area contributed by atoms with Crippen LogP contribution in [0.5, 0.6) is 0 Å². The van der Waals surface area contributed by atoms with Crippen molar-refractivity contribution >= 4 is 21.7 Å². The number of nitrogens with zero attached hydrogens (tertiary/aromatic N) is 1. The first kappa shape index (κ1) is 13.4. The number of fused-ring (bicyclic) bond motifs is 3. The van der Waals surface area contributed by atoms with Crippen LogP contribution in [0.2, 0.25) is 0 Å². The van der Waals surface area contributed by atoms with Crippen LogP contribution >= 0.6 is 0 Å². The molecule has 0 aliphatic carbocycles. The van der Waals surface area contributed by atoms with Gasteiger partial charge in [-0.05, 0) is 36.6 Å². The standard InChI is InChI=1S/C15H17NO3S/c1-20(18,19)13-4-2-11(3-5-13)10-14-15(17)12-6-8-16(14)9-7-12/h2-5,10,12H,6-9H2,1H3/b14-10+. The Morgan fingerprint density at radius 3 is 2.25 bits per heavy atom. The molecule has 1 aromatic rings. The molecule has 2 bridgehead atoms. The van der Waals surface area contributed by atoms with E-state index in [9.17, 15) is 13.2 Å². The van der Waals surface area contributed by atoms with Gasteiger partial charge in [0.1, 0.15) is 0 Å². The Morgan fingerprint density at radius 2 is 1.75 bits per heavy atom. The molecule has 0 amide bonds. The van der Waals surface area contributed by atoms with E-state index in [1.807, 2.05) is 6.08 Å². The molecular formula is C15H17NO3S. The second-order valence-corrected chi connectivity index (χ2v) is 7.51. The maximum absolute atomic E-state index is 12.2. The van der Waals surface area contributed by atoms with E-state index in [4.69, 9.17) is 0 Å². The zero-order valence-corrected chi connectivity index (χ0v) is 12.2. The summed E-state index contributed by atoms with van der Waals surface area (Å²) in [5.74, 6) is 0.413. The Morgan fingerprint density at radius 1 is 1.15 bits per heavy atom. The summed E-state index contributed by atoms with van der Waals surface area (Å²) in [6, 6.07) is 6.67. The summed E-state index contributed by atoms with van der Waals surface area (Å²) in [4.78, 5) is 14.6. The molecule has 3 heterocycles. The van der Waals surface area contributed by atoms with Gasteiger partial charge in [0.2, 0.25) is 0 Å². The molecule has 106 valence electrons. The Labute approximate surface area is 119 Å². The summed E-state index contributed by atoms with van der Waals surface area (Å²) in [6.45, 7) is 1.90. The van der Waals surface area contributed by atoms with Gasteiger partial charge in [-0.2, -0.15) is 0 Å². The lowest BCUT2D eigenvalue weighted by molar-refractivity contribution is -0.125. The molecule has 0 N–H and O–H groups in total. The highest BCUT2D eigenvalue weighted by atomic mass is 32.2. The number of Topliss-reactive ketones (excluding diaryl/α,β-unsaturated/α-hetero) is 1.